The zero-order chi connectivity index (χ0) is 17.8. The second kappa shape index (κ2) is 7.53. The van der Waals surface area contributed by atoms with E-state index in [1.54, 1.807) is 7.11 Å². The molecule has 0 aliphatic heterocycles. The lowest BCUT2D eigenvalue weighted by Crippen LogP contribution is -2.22. The first-order valence-electron chi connectivity index (χ1n) is 8.46. The maximum absolute atomic E-state index is 12.3. The van der Waals surface area contributed by atoms with Gasteiger partial charge in [0.25, 0.3) is 5.56 Å². The minimum absolute atomic E-state index is 0.0797. The first-order chi connectivity index (χ1) is 12.1. The average Bonchev–Trinajstić information content (AvgIpc) is 3.01. The Bertz CT molecular complexity index is 911. The Morgan fingerprint density at radius 3 is 2.88 bits per heavy atom. The molecule has 6 heteroatoms. The second-order valence-electron chi connectivity index (χ2n) is 6.61. The third-order valence-electron chi connectivity index (χ3n) is 4.11. The molecule has 0 saturated carbocycles. The minimum Gasteiger partial charge on any atom is -0.497 e. The van der Waals surface area contributed by atoms with Crippen LogP contribution in [0.4, 0.5) is 0 Å². The number of nitrogens with zero attached hydrogens (tertiary/aromatic N) is 2. The number of aromatic amines is 1. The van der Waals surface area contributed by atoms with Crippen LogP contribution in [-0.2, 0) is 19.6 Å². The van der Waals surface area contributed by atoms with Crippen LogP contribution in [0, 0.1) is 5.92 Å². The molecule has 6 nitrogen and oxygen atoms in total. The summed E-state index contributed by atoms with van der Waals surface area (Å²) in [4.78, 5) is 19.4. The van der Waals surface area contributed by atoms with E-state index in [1.165, 1.54) is 0 Å². The Balaban J connectivity index is 1.70. The number of H-pyrrole nitrogens is 1. The first kappa shape index (κ1) is 17.2. The molecule has 0 unspecified atom stereocenters. The molecule has 25 heavy (non-hydrogen) atoms. The Morgan fingerprint density at radius 2 is 2.12 bits per heavy atom. The highest BCUT2D eigenvalue weighted by atomic mass is 16.5. The molecule has 0 amide bonds. The normalized spacial score (nSPS) is 11.4. The van der Waals surface area contributed by atoms with Crippen molar-refractivity contribution in [3.63, 3.8) is 0 Å². The predicted octanol–water partition coefficient (Wildman–Crippen LogP) is 2.68. The highest BCUT2D eigenvalue weighted by Crippen LogP contribution is 2.18. The fraction of sp³-hybridized carbons (Fsp3) is 0.368. The van der Waals surface area contributed by atoms with Gasteiger partial charge in [0.2, 0.25) is 0 Å². The lowest BCUT2D eigenvalue weighted by atomic mass is 10.1. The maximum Gasteiger partial charge on any atom is 0.252 e. The maximum atomic E-state index is 12.3. The molecule has 0 fully saturated rings. The van der Waals surface area contributed by atoms with Crippen molar-refractivity contribution in [3.8, 4) is 5.75 Å². The Kier molecular flexibility index (Phi) is 5.19. The zero-order valence-electron chi connectivity index (χ0n) is 14.9. The van der Waals surface area contributed by atoms with Crippen LogP contribution in [0.15, 0.2) is 41.6 Å². The zero-order valence-corrected chi connectivity index (χ0v) is 14.9. The number of hydrogen-bond donors (Lipinski definition) is 2. The lowest BCUT2D eigenvalue weighted by Gasteiger charge is -2.11. The topological polar surface area (TPSA) is 71.9 Å². The fourth-order valence-electron chi connectivity index (χ4n) is 2.86. The number of pyridine rings is 1. The Morgan fingerprint density at radius 1 is 1.28 bits per heavy atom. The molecule has 0 radical (unpaired) electrons. The van der Waals surface area contributed by atoms with Crippen molar-refractivity contribution in [2.45, 2.75) is 33.5 Å². The van der Waals surface area contributed by atoms with Gasteiger partial charge in [0.1, 0.15) is 5.75 Å². The van der Waals surface area contributed by atoms with Crippen LogP contribution in [0.3, 0.4) is 0 Å². The van der Waals surface area contributed by atoms with Crippen molar-refractivity contribution in [2.75, 3.05) is 7.11 Å². The van der Waals surface area contributed by atoms with Crippen LogP contribution >= 0.6 is 0 Å². The number of methoxy groups -OCH3 is 1. The van der Waals surface area contributed by atoms with Crippen LogP contribution in [0.1, 0.15) is 25.1 Å². The smallest absolute Gasteiger partial charge is 0.252 e. The van der Waals surface area contributed by atoms with Gasteiger partial charge in [-0.1, -0.05) is 13.8 Å². The van der Waals surface area contributed by atoms with E-state index in [1.807, 2.05) is 36.8 Å². The lowest BCUT2D eigenvalue weighted by molar-refractivity contribution is 0.415. The molecule has 0 aliphatic carbocycles. The molecule has 0 saturated heterocycles. The molecule has 2 heterocycles. The summed E-state index contributed by atoms with van der Waals surface area (Å²) in [6.45, 7) is 6.48. The molecule has 0 atom stereocenters. The van der Waals surface area contributed by atoms with Crippen molar-refractivity contribution < 1.29 is 4.74 Å². The van der Waals surface area contributed by atoms with Gasteiger partial charge < -0.3 is 19.6 Å². The molecule has 0 spiro atoms. The van der Waals surface area contributed by atoms with Crippen molar-refractivity contribution in [1.82, 2.24) is 19.9 Å². The molecule has 3 rings (SSSR count). The number of aromatic nitrogens is 3. The molecule has 2 N–H and O–H groups in total. The number of ether oxygens (including phenoxy) is 1. The predicted molar refractivity (Wildman–Crippen MR) is 98.7 cm³/mol. The van der Waals surface area contributed by atoms with Gasteiger partial charge in [0, 0.05) is 37.5 Å². The van der Waals surface area contributed by atoms with Crippen LogP contribution < -0.4 is 15.6 Å². The van der Waals surface area contributed by atoms with Crippen molar-refractivity contribution >= 4 is 10.9 Å². The number of hydrogen-bond acceptors (Lipinski definition) is 4. The molecule has 2 aromatic heterocycles. The molecule has 132 valence electrons. The van der Waals surface area contributed by atoms with Crippen molar-refractivity contribution in [3.05, 3.63) is 58.4 Å². The van der Waals surface area contributed by atoms with Gasteiger partial charge in [-0.2, -0.15) is 0 Å². The summed E-state index contributed by atoms with van der Waals surface area (Å²) in [7, 11) is 1.61. The SMILES string of the molecule is COc1ccc2cc(CNCc3cncn3CC(C)C)c(=O)[nH]c2c1. The summed E-state index contributed by atoms with van der Waals surface area (Å²) >= 11 is 0. The molecule has 0 bridgehead atoms. The first-order valence-corrected chi connectivity index (χ1v) is 8.46. The molecule has 0 aliphatic rings. The van der Waals surface area contributed by atoms with Gasteiger partial charge >= 0.3 is 0 Å². The standard InChI is InChI=1S/C19H24N4O2/c1-13(2)11-23-12-21-10-16(23)9-20-8-15-6-14-4-5-17(25-3)7-18(14)22-19(15)24/h4-7,10,12-13,20H,8-9,11H2,1-3H3,(H,22,24). The van der Waals surface area contributed by atoms with Gasteiger partial charge in [-0.25, -0.2) is 4.98 Å². The highest BCUT2D eigenvalue weighted by molar-refractivity contribution is 5.80. The van der Waals surface area contributed by atoms with Gasteiger partial charge in [-0.05, 0) is 29.5 Å². The summed E-state index contributed by atoms with van der Waals surface area (Å²) in [6, 6.07) is 7.60. The summed E-state index contributed by atoms with van der Waals surface area (Å²) in [6.07, 6.45) is 3.72. The van der Waals surface area contributed by atoms with Crippen LogP contribution in [-0.4, -0.2) is 21.6 Å². The summed E-state index contributed by atoms with van der Waals surface area (Å²) in [5.41, 5.74) is 2.54. The monoisotopic (exact) mass is 340 g/mol. The Labute approximate surface area is 146 Å². The van der Waals surface area contributed by atoms with E-state index in [0.29, 0.717) is 24.6 Å². The van der Waals surface area contributed by atoms with E-state index in [0.717, 1.165) is 28.9 Å². The van der Waals surface area contributed by atoms with E-state index in [4.69, 9.17) is 4.74 Å². The molecular formula is C19H24N4O2. The number of rotatable bonds is 7. The van der Waals surface area contributed by atoms with Crippen molar-refractivity contribution in [1.29, 1.82) is 0 Å². The van der Waals surface area contributed by atoms with Crippen LogP contribution in [0.25, 0.3) is 10.9 Å². The van der Waals surface area contributed by atoms with E-state index in [9.17, 15) is 4.79 Å². The fourth-order valence-corrected chi connectivity index (χ4v) is 2.86. The van der Waals surface area contributed by atoms with E-state index in [2.05, 4.69) is 33.7 Å². The number of fused-ring (bicyclic) bond motifs is 1. The third-order valence-corrected chi connectivity index (χ3v) is 4.11. The van der Waals surface area contributed by atoms with Crippen LogP contribution in [0.2, 0.25) is 0 Å². The number of benzene rings is 1. The van der Waals surface area contributed by atoms with E-state index in [-0.39, 0.29) is 5.56 Å². The number of nitrogens with one attached hydrogen (secondary N) is 2. The van der Waals surface area contributed by atoms with Crippen LogP contribution in [0.5, 0.6) is 5.75 Å². The molecular weight excluding hydrogens is 316 g/mol. The number of imidazole rings is 1. The molecule has 1 aromatic carbocycles. The third kappa shape index (κ3) is 4.09. The van der Waals surface area contributed by atoms with Gasteiger partial charge in [0.15, 0.2) is 0 Å². The quantitative estimate of drug-likeness (QED) is 0.694. The Hall–Kier alpha value is -2.60. The van der Waals surface area contributed by atoms with E-state index < -0.39 is 0 Å². The van der Waals surface area contributed by atoms with Gasteiger partial charge in [-0.3, -0.25) is 4.79 Å². The van der Waals surface area contributed by atoms with Gasteiger partial charge in [-0.15, -0.1) is 0 Å². The second-order valence-corrected chi connectivity index (χ2v) is 6.61. The summed E-state index contributed by atoms with van der Waals surface area (Å²) in [5, 5.41) is 4.33. The summed E-state index contributed by atoms with van der Waals surface area (Å²) < 4.78 is 7.34. The highest BCUT2D eigenvalue weighted by Gasteiger charge is 2.07. The molecule has 3 aromatic rings. The minimum atomic E-state index is -0.0797. The summed E-state index contributed by atoms with van der Waals surface area (Å²) in [5.74, 6) is 1.29. The van der Waals surface area contributed by atoms with Gasteiger partial charge in [0.05, 0.1) is 24.6 Å². The van der Waals surface area contributed by atoms with Crippen molar-refractivity contribution in [2.24, 2.45) is 5.92 Å². The van der Waals surface area contributed by atoms with E-state index >= 15 is 0 Å². The average molecular weight is 340 g/mol. The largest absolute Gasteiger partial charge is 0.497 e.